The second-order valence-corrected chi connectivity index (χ2v) is 7.65. The summed E-state index contributed by atoms with van der Waals surface area (Å²) >= 11 is 0. The molecule has 2 atom stereocenters. The van der Waals surface area contributed by atoms with Crippen LogP contribution in [-0.4, -0.2) is 21.2 Å². The predicted molar refractivity (Wildman–Crippen MR) is 107 cm³/mol. The zero-order valence-electron chi connectivity index (χ0n) is 14.7. The Morgan fingerprint density at radius 2 is 1.56 bits per heavy atom. The van der Waals surface area contributed by atoms with Gasteiger partial charge in [-0.3, -0.25) is 14.2 Å². The maximum atomic E-state index is 13.4. The maximum Gasteiger partial charge on any atom is 0.123 e. The van der Waals surface area contributed by atoms with E-state index in [1.54, 1.807) is 30.8 Å². The van der Waals surface area contributed by atoms with Crippen molar-refractivity contribution in [2.75, 3.05) is 6.26 Å². The van der Waals surface area contributed by atoms with Gasteiger partial charge in [0.2, 0.25) is 0 Å². The monoisotopic (exact) mass is 376 g/mol. The summed E-state index contributed by atoms with van der Waals surface area (Å²) in [4.78, 5) is 9.77. The molecule has 134 valence electrons. The van der Waals surface area contributed by atoms with Crippen molar-refractivity contribution in [1.29, 1.82) is 0 Å². The number of aromatic nitrogens is 1. The molecule has 0 radical (unpaired) electrons. The van der Waals surface area contributed by atoms with Gasteiger partial charge in [0.1, 0.15) is 5.82 Å². The Bertz CT molecular complexity index is 1040. The highest BCUT2D eigenvalue weighted by Crippen LogP contribution is 2.34. The Morgan fingerprint density at radius 1 is 0.889 bits per heavy atom. The van der Waals surface area contributed by atoms with E-state index >= 15 is 0 Å². The van der Waals surface area contributed by atoms with E-state index < -0.39 is 10.8 Å². The van der Waals surface area contributed by atoms with Gasteiger partial charge < -0.3 is 0 Å². The molecule has 0 spiro atoms. The van der Waals surface area contributed by atoms with E-state index in [0.29, 0.717) is 0 Å². The summed E-state index contributed by atoms with van der Waals surface area (Å²) in [5.41, 5.74) is 4.73. The highest BCUT2D eigenvalue weighted by Gasteiger charge is 2.23. The van der Waals surface area contributed by atoms with Crippen LogP contribution in [0.1, 0.15) is 22.7 Å². The van der Waals surface area contributed by atoms with Crippen LogP contribution in [0.3, 0.4) is 0 Å². The molecule has 0 saturated heterocycles. The van der Waals surface area contributed by atoms with E-state index in [4.69, 9.17) is 4.99 Å². The molecule has 0 bridgehead atoms. The highest BCUT2D eigenvalue weighted by molar-refractivity contribution is 7.84. The number of nitrogens with zero attached hydrogens (tertiary/aromatic N) is 2. The van der Waals surface area contributed by atoms with Gasteiger partial charge in [0.25, 0.3) is 0 Å². The second kappa shape index (κ2) is 7.37. The third-order valence-electron chi connectivity index (χ3n) is 4.51. The molecule has 2 heterocycles. The number of hydrogen-bond donors (Lipinski definition) is 0. The second-order valence-electron chi connectivity index (χ2n) is 6.27. The molecule has 0 fully saturated rings. The summed E-state index contributed by atoms with van der Waals surface area (Å²) in [5.74, 6) is -0.272. The van der Waals surface area contributed by atoms with Gasteiger partial charge >= 0.3 is 0 Å². The summed E-state index contributed by atoms with van der Waals surface area (Å²) in [5, 5.41) is 0. The van der Waals surface area contributed by atoms with E-state index in [-0.39, 0.29) is 11.9 Å². The fourth-order valence-electron chi connectivity index (χ4n) is 3.11. The van der Waals surface area contributed by atoms with Crippen molar-refractivity contribution in [2.24, 2.45) is 4.99 Å². The zero-order chi connectivity index (χ0) is 18.8. The molecule has 0 amide bonds. The molecule has 3 aromatic rings. The Hall–Kier alpha value is -2.92. The SMILES string of the molecule is CS(=O)c1ccc(C2C=C(c3ccncc3)C(c3ccc(F)cc3)=N2)cc1. The van der Waals surface area contributed by atoms with Gasteiger partial charge in [-0.15, -0.1) is 0 Å². The summed E-state index contributed by atoms with van der Waals surface area (Å²) in [6, 6.07) is 17.8. The molecule has 3 nitrogen and oxygen atoms in total. The quantitative estimate of drug-likeness (QED) is 0.669. The third kappa shape index (κ3) is 3.64. The molecule has 2 aromatic carbocycles. The first kappa shape index (κ1) is 17.5. The number of rotatable bonds is 4. The number of hydrogen-bond acceptors (Lipinski definition) is 3. The van der Waals surface area contributed by atoms with Crippen LogP contribution in [0.5, 0.6) is 0 Å². The Morgan fingerprint density at radius 3 is 2.19 bits per heavy atom. The molecular weight excluding hydrogens is 359 g/mol. The Labute approximate surface area is 159 Å². The van der Waals surface area contributed by atoms with E-state index in [0.717, 1.165) is 32.9 Å². The topological polar surface area (TPSA) is 42.3 Å². The van der Waals surface area contributed by atoms with Gasteiger partial charge in [0.05, 0.1) is 11.8 Å². The molecular formula is C22H17FN2OS. The lowest BCUT2D eigenvalue weighted by Crippen LogP contribution is -2.01. The van der Waals surface area contributed by atoms with Crippen molar-refractivity contribution in [3.8, 4) is 0 Å². The fraction of sp³-hybridized carbons (Fsp3) is 0.0909. The van der Waals surface area contributed by atoms with Crippen LogP contribution in [0.15, 0.2) is 89.0 Å². The van der Waals surface area contributed by atoms with Gasteiger partial charge in [0, 0.05) is 45.5 Å². The molecule has 0 aliphatic carbocycles. The minimum absolute atomic E-state index is 0.146. The maximum absolute atomic E-state index is 13.4. The van der Waals surface area contributed by atoms with Crippen LogP contribution in [0.2, 0.25) is 0 Å². The van der Waals surface area contributed by atoms with E-state index in [1.165, 1.54) is 12.1 Å². The summed E-state index contributed by atoms with van der Waals surface area (Å²) in [6.45, 7) is 0. The minimum atomic E-state index is -1.01. The lowest BCUT2D eigenvalue weighted by Gasteiger charge is -2.07. The molecule has 0 saturated carbocycles. The minimum Gasteiger partial charge on any atom is -0.272 e. The van der Waals surface area contributed by atoms with Crippen molar-refractivity contribution >= 4 is 22.1 Å². The van der Waals surface area contributed by atoms with E-state index in [1.807, 2.05) is 36.4 Å². The van der Waals surface area contributed by atoms with E-state index in [9.17, 15) is 8.60 Å². The van der Waals surface area contributed by atoms with Gasteiger partial charge in [-0.25, -0.2) is 4.39 Å². The van der Waals surface area contributed by atoms with Crippen molar-refractivity contribution in [3.05, 3.63) is 102 Å². The van der Waals surface area contributed by atoms with Gasteiger partial charge in [-0.05, 0) is 65.7 Å². The third-order valence-corrected chi connectivity index (χ3v) is 5.45. The number of allylic oxidation sites excluding steroid dienone is 1. The van der Waals surface area contributed by atoms with Crippen LogP contribution in [0.4, 0.5) is 4.39 Å². The van der Waals surface area contributed by atoms with Gasteiger partial charge in [0.15, 0.2) is 0 Å². The molecule has 1 aromatic heterocycles. The van der Waals surface area contributed by atoms with Crippen LogP contribution in [0, 0.1) is 5.82 Å². The molecule has 0 N–H and O–H groups in total. The number of benzene rings is 2. The Kier molecular flexibility index (Phi) is 4.77. The van der Waals surface area contributed by atoms with Gasteiger partial charge in [-0.1, -0.05) is 12.1 Å². The normalized spacial score (nSPS) is 17.3. The highest BCUT2D eigenvalue weighted by atomic mass is 32.2. The first-order valence-electron chi connectivity index (χ1n) is 8.51. The van der Waals surface area contributed by atoms with Crippen molar-refractivity contribution in [2.45, 2.75) is 10.9 Å². The Balaban J connectivity index is 1.77. The van der Waals surface area contributed by atoms with Crippen LogP contribution >= 0.6 is 0 Å². The lowest BCUT2D eigenvalue weighted by molar-refractivity contribution is 0.628. The molecule has 5 heteroatoms. The zero-order valence-corrected chi connectivity index (χ0v) is 15.5. The molecule has 4 rings (SSSR count). The molecule has 1 aliphatic heterocycles. The number of pyridine rings is 1. The van der Waals surface area contributed by atoms with Crippen LogP contribution in [-0.2, 0) is 10.8 Å². The van der Waals surface area contributed by atoms with E-state index in [2.05, 4.69) is 11.1 Å². The first-order chi connectivity index (χ1) is 13.1. The summed E-state index contributed by atoms with van der Waals surface area (Å²) in [7, 11) is -1.01. The lowest BCUT2D eigenvalue weighted by atomic mass is 9.97. The largest absolute Gasteiger partial charge is 0.272 e. The number of aliphatic imine (C=N–C) groups is 1. The molecule has 2 unspecified atom stereocenters. The van der Waals surface area contributed by atoms with Crippen LogP contribution < -0.4 is 0 Å². The number of halogens is 1. The average Bonchev–Trinajstić information content (AvgIpc) is 3.15. The van der Waals surface area contributed by atoms with Crippen molar-refractivity contribution < 1.29 is 8.60 Å². The predicted octanol–water partition coefficient (Wildman–Crippen LogP) is 4.59. The smallest absolute Gasteiger partial charge is 0.123 e. The van der Waals surface area contributed by atoms with Crippen LogP contribution in [0.25, 0.3) is 5.57 Å². The molecule has 1 aliphatic rings. The van der Waals surface area contributed by atoms with Gasteiger partial charge in [-0.2, -0.15) is 0 Å². The van der Waals surface area contributed by atoms with Crippen molar-refractivity contribution in [3.63, 3.8) is 0 Å². The standard InChI is InChI=1S/C22H17FN2OS/c1-27(26)19-8-4-16(5-9-19)21-14-20(15-10-12-24-13-11-15)22(25-21)17-2-6-18(23)7-3-17/h2-14,21H,1H3. The fourth-order valence-corrected chi connectivity index (χ4v) is 3.63. The van der Waals surface area contributed by atoms with Crippen molar-refractivity contribution in [1.82, 2.24) is 4.98 Å². The first-order valence-corrected chi connectivity index (χ1v) is 10.1. The summed E-state index contributed by atoms with van der Waals surface area (Å²) in [6.07, 6.45) is 7.26. The average molecular weight is 376 g/mol. The molecule has 27 heavy (non-hydrogen) atoms. The summed E-state index contributed by atoms with van der Waals surface area (Å²) < 4.78 is 25.0.